The van der Waals surface area contributed by atoms with Crippen LogP contribution in [0.3, 0.4) is 0 Å². The van der Waals surface area contributed by atoms with Crippen LogP contribution in [0, 0.1) is 0 Å². The van der Waals surface area contributed by atoms with Crippen molar-refractivity contribution in [1.82, 2.24) is 4.98 Å². The summed E-state index contributed by atoms with van der Waals surface area (Å²) in [6, 6.07) is 0. The molecule has 2 N–H and O–H groups in total. The van der Waals surface area contributed by atoms with E-state index >= 15 is 0 Å². The highest BCUT2D eigenvalue weighted by atomic mass is 16.4. The Balaban J connectivity index is 2.34. The van der Waals surface area contributed by atoms with Crippen molar-refractivity contribution in [3.63, 3.8) is 0 Å². The molecule has 1 heterocycles. The molecular weight excluding hydrogens is 164 g/mol. The lowest BCUT2D eigenvalue weighted by atomic mass is 10.2. The molecule has 0 atom stereocenters. The van der Waals surface area contributed by atoms with Crippen molar-refractivity contribution in [2.75, 3.05) is 6.54 Å². The Morgan fingerprint density at radius 2 is 2.23 bits per heavy atom. The minimum absolute atomic E-state index is 0.701. The Kier molecular flexibility index (Phi) is 4.54. The summed E-state index contributed by atoms with van der Waals surface area (Å²) < 4.78 is 5.52. The minimum Gasteiger partial charge on any atom is -0.446 e. The maximum absolute atomic E-state index is 5.52. The highest BCUT2D eigenvalue weighted by Gasteiger charge is 2.02. The van der Waals surface area contributed by atoms with Gasteiger partial charge in [0.05, 0.1) is 6.20 Å². The third kappa shape index (κ3) is 3.59. The molecule has 0 unspecified atom stereocenters. The van der Waals surface area contributed by atoms with Crippen molar-refractivity contribution in [3.8, 4) is 0 Å². The van der Waals surface area contributed by atoms with Crippen LogP contribution in [-0.2, 0) is 12.8 Å². The number of nitrogens with zero attached hydrogens (tertiary/aromatic N) is 1. The summed E-state index contributed by atoms with van der Waals surface area (Å²) in [4.78, 5) is 4.18. The van der Waals surface area contributed by atoms with Crippen LogP contribution in [0.2, 0.25) is 0 Å². The van der Waals surface area contributed by atoms with E-state index in [1.807, 2.05) is 6.20 Å². The smallest absolute Gasteiger partial charge is 0.194 e. The van der Waals surface area contributed by atoms with Crippen LogP contribution < -0.4 is 5.73 Å². The second-order valence-electron chi connectivity index (χ2n) is 3.22. The lowest BCUT2D eigenvalue weighted by Crippen LogP contribution is -2.00. The van der Waals surface area contributed by atoms with Crippen molar-refractivity contribution in [3.05, 3.63) is 17.8 Å². The quantitative estimate of drug-likeness (QED) is 0.731. The van der Waals surface area contributed by atoms with E-state index in [-0.39, 0.29) is 0 Å². The maximum Gasteiger partial charge on any atom is 0.194 e. The molecule has 1 aromatic heterocycles. The predicted octanol–water partition coefficient (Wildman–Crippen LogP) is 1.91. The lowest BCUT2D eigenvalue weighted by Gasteiger charge is -1.93. The highest BCUT2D eigenvalue weighted by molar-refractivity contribution is 4.94. The van der Waals surface area contributed by atoms with Crippen LogP contribution in [-0.4, -0.2) is 11.5 Å². The van der Waals surface area contributed by atoms with Gasteiger partial charge in [-0.3, -0.25) is 0 Å². The van der Waals surface area contributed by atoms with Gasteiger partial charge >= 0.3 is 0 Å². The second-order valence-corrected chi connectivity index (χ2v) is 3.22. The molecule has 0 aliphatic carbocycles. The van der Waals surface area contributed by atoms with Crippen molar-refractivity contribution >= 4 is 0 Å². The summed E-state index contributed by atoms with van der Waals surface area (Å²) in [6.45, 7) is 2.87. The van der Waals surface area contributed by atoms with Gasteiger partial charge in [-0.05, 0) is 19.4 Å². The Bertz CT molecular complexity index is 210. The van der Waals surface area contributed by atoms with E-state index in [1.54, 1.807) is 0 Å². The van der Waals surface area contributed by atoms with E-state index in [0.29, 0.717) is 6.54 Å². The van der Waals surface area contributed by atoms with Crippen LogP contribution in [0.25, 0.3) is 0 Å². The Morgan fingerprint density at radius 3 is 2.92 bits per heavy atom. The molecule has 3 nitrogen and oxygen atoms in total. The fraction of sp³-hybridized carbons (Fsp3) is 0.700. The highest BCUT2D eigenvalue weighted by Crippen LogP contribution is 2.08. The van der Waals surface area contributed by atoms with Crippen LogP contribution in [0.5, 0.6) is 0 Å². The number of unbranched alkanes of at least 4 members (excludes halogenated alkanes) is 1. The third-order valence-corrected chi connectivity index (χ3v) is 1.97. The number of oxazole rings is 1. The number of rotatable bonds is 6. The first-order chi connectivity index (χ1) is 6.36. The second kappa shape index (κ2) is 5.75. The molecule has 0 aromatic carbocycles. The number of aromatic nitrogens is 1. The van der Waals surface area contributed by atoms with Crippen LogP contribution in [0.4, 0.5) is 0 Å². The maximum atomic E-state index is 5.52. The van der Waals surface area contributed by atoms with E-state index < -0.39 is 0 Å². The van der Waals surface area contributed by atoms with Crippen molar-refractivity contribution < 1.29 is 4.42 Å². The zero-order valence-corrected chi connectivity index (χ0v) is 8.25. The third-order valence-electron chi connectivity index (χ3n) is 1.97. The van der Waals surface area contributed by atoms with Gasteiger partial charge in [0.2, 0.25) is 0 Å². The number of hydrogen-bond donors (Lipinski definition) is 1. The van der Waals surface area contributed by atoms with E-state index in [2.05, 4.69) is 11.9 Å². The molecule has 1 rings (SSSR count). The van der Waals surface area contributed by atoms with Gasteiger partial charge in [0.1, 0.15) is 5.76 Å². The molecular formula is C10H18N2O. The summed E-state index contributed by atoms with van der Waals surface area (Å²) in [5.74, 6) is 1.84. The first-order valence-corrected chi connectivity index (χ1v) is 5.00. The number of aryl methyl sites for hydroxylation is 2. The molecule has 13 heavy (non-hydrogen) atoms. The van der Waals surface area contributed by atoms with E-state index in [0.717, 1.165) is 30.9 Å². The molecule has 0 saturated heterocycles. The molecule has 0 saturated carbocycles. The summed E-state index contributed by atoms with van der Waals surface area (Å²) in [5, 5.41) is 0. The molecule has 74 valence electrons. The largest absolute Gasteiger partial charge is 0.446 e. The standard InChI is InChI=1S/C10H18N2O/c1-2-3-5-9-8-12-10(13-9)6-4-7-11/h8H,2-7,11H2,1H3. The van der Waals surface area contributed by atoms with E-state index in [1.165, 1.54) is 12.8 Å². The molecule has 0 spiro atoms. The fourth-order valence-electron chi connectivity index (χ4n) is 1.18. The summed E-state index contributed by atoms with van der Waals surface area (Å²) in [5.41, 5.74) is 5.39. The van der Waals surface area contributed by atoms with Gasteiger partial charge in [-0.15, -0.1) is 0 Å². The molecule has 0 amide bonds. The Hall–Kier alpha value is -0.830. The summed E-state index contributed by atoms with van der Waals surface area (Å²) in [6.07, 6.45) is 7.02. The molecule has 0 aliphatic heterocycles. The van der Waals surface area contributed by atoms with Crippen molar-refractivity contribution in [2.24, 2.45) is 5.73 Å². The lowest BCUT2D eigenvalue weighted by molar-refractivity contribution is 0.445. The van der Waals surface area contributed by atoms with Gasteiger partial charge in [-0.1, -0.05) is 13.3 Å². The van der Waals surface area contributed by atoms with Gasteiger partial charge in [0.25, 0.3) is 0 Å². The van der Waals surface area contributed by atoms with Gasteiger partial charge < -0.3 is 10.2 Å². The van der Waals surface area contributed by atoms with Crippen molar-refractivity contribution in [2.45, 2.75) is 39.0 Å². The fourth-order valence-corrected chi connectivity index (χ4v) is 1.18. The minimum atomic E-state index is 0.701. The molecule has 1 aromatic rings. The van der Waals surface area contributed by atoms with Crippen LogP contribution in [0.15, 0.2) is 10.6 Å². The normalized spacial score (nSPS) is 10.6. The molecule has 0 bridgehead atoms. The Morgan fingerprint density at radius 1 is 1.38 bits per heavy atom. The Labute approximate surface area is 79.3 Å². The molecule has 3 heteroatoms. The number of hydrogen-bond acceptors (Lipinski definition) is 3. The number of nitrogens with two attached hydrogens (primary N) is 1. The first kappa shape index (κ1) is 10.3. The first-order valence-electron chi connectivity index (χ1n) is 5.00. The monoisotopic (exact) mass is 182 g/mol. The van der Waals surface area contributed by atoms with E-state index in [9.17, 15) is 0 Å². The summed E-state index contributed by atoms with van der Waals surface area (Å²) >= 11 is 0. The van der Waals surface area contributed by atoms with Gasteiger partial charge in [0, 0.05) is 12.8 Å². The predicted molar refractivity (Wildman–Crippen MR) is 52.5 cm³/mol. The van der Waals surface area contributed by atoms with Crippen molar-refractivity contribution in [1.29, 1.82) is 0 Å². The molecule has 0 radical (unpaired) electrons. The zero-order chi connectivity index (χ0) is 9.52. The average Bonchev–Trinajstić information content (AvgIpc) is 2.59. The van der Waals surface area contributed by atoms with Gasteiger partial charge in [-0.25, -0.2) is 4.98 Å². The van der Waals surface area contributed by atoms with Crippen LogP contribution >= 0.6 is 0 Å². The summed E-state index contributed by atoms with van der Waals surface area (Å²) in [7, 11) is 0. The zero-order valence-electron chi connectivity index (χ0n) is 8.25. The SMILES string of the molecule is CCCCc1cnc(CCCN)o1. The van der Waals surface area contributed by atoms with Gasteiger partial charge in [0.15, 0.2) is 5.89 Å². The molecule has 0 fully saturated rings. The van der Waals surface area contributed by atoms with Crippen LogP contribution in [0.1, 0.15) is 37.8 Å². The van der Waals surface area contributed by atoms with E-state index in [4.69, 9.17) is 10.2 Å². The molecule has 0 aliphatic rings. The topological polar surface area (TPSA) is 52.0 Å². The average molecular weight is 182 g/mol. The van der Waals surface area contributed by atoms with Gasteiger partial charge in [-0.2, -0.15) is 0 Å².